The second kappa shape index (κ2) is 4.84. The average Bonchev–Trinajstić information content (AvgIpc) is 2.16. The number of aliphatic carboxylic acids is 1. The molecule has 0 saturated carbocycles. The number of hydrogen-bond acceptors (Lipinski definition) is 3. The average molecular weight is 232 g/mol. The lowest BCUT2D eigenvalue weighted by Gasteiger charge is -2.08. The van der Waals surface area contributed by atoms with Crippen molar-refractivity contribution in [1.29, 1.82) is 0 Å². The van der Waals surface area contributed by atoms with Crippen molar-refractivity contribution in [2.75, 3.05) is 0 Å². The van der Waals surface area contributed by atoms with Crippen molar-refractivity contribution >= 4 is 5.97 Å². The smallest absolute Gasteiger partial charge is 0.309 e. The minimum Gasteiger partial charge on any atom is -0.481 e. The molecule has 0 aliphatic heterocycles. The number of alkyl halides is 2. The molecule has 4 N–H and O–H groups in total. The van der Waals surface area contributed by atoms with Gasteiger partial charge in [-0.25, -0.2) is 8.78 Å². The standard InChI is InChI=1S/C9H10F2N2O3/c10-9(11)6-1-7(14)4(3-12)5(13-6)2-8(15)16/h1,9H,2-3,12H2,(H,13,14)(H,15,16). The third-order valence-corrected chi connectivity index (χ3v) is 2.01. The van der Waals surface area contributed by atoms with Gasteiger partial charge < -0.3 is 15.8 Å². The maximum absolute atomic E-state index is 12.4. The Hall–Kier alpha value is -1.76. The molecule has 1 aromatic rings. The monoisotopic (exact) mass is 232 g/mol. The van der Waals surface area contributed by atoms with Gasteiger partial charge in [-0.15, -0.1) is 0 Å². The molecule has 0 aliphatic carbocycles. The van der Waals surface area contributed by atoms with Crippen LogP contribution in [0.5, 0.6) is 0 Å². The van der Waals surface area contributed by atoms with Crippen LogP contribution in [0.25, 0.3) is 0 Å². The number of H-pyrrole nitrogens is 1. The number of aromatic amines is 1. The minimum atomic E-state index is -2.85. The fourth-order valence-corrected chi connectivity index (χ4v) is 1.31. The molecule has 0 atom stereocenters. The molecule has 0 saturated heterocycles. The van der Waals surface area contributed by atoms with Crippen molar-refractivity contribution in [3.63, 3.8) is 0 Å². The predicted molar refractivity (Wildman–Crippen MR) is 51.3 cm³/mol. The summed E-state index contributed by atoms with van der Waals surface area (Å²) in [4.78, 5) is 24.1. The molecule has 0 fully saturated rings. The van der Waals surface area contributed by atoms with Gasteiger partial charge in [-0.2, -0.15) is 0 Å². The first-order valence-electron chi connectivity index (χ1n) is 4.40. The molecular formula is C9H10F2N2O3. The second-order valence-corrected chi connectivity index (χ2v) is 3.12. The number of carboxylic acid groups (broad SMARTS) is 1. The largest absolute Gasteiger partial charge is 0.481 e. The highest BCUT2D eigenvalue weighted by Crippen LogP contribution is 2.16. The third kappa shape index (κ3) is 2.63. The van der Waals surface area contributed by atoms with Gasteiger partial charge in [-0.3, -0.25) is 9.59 Å². The number of aromatic nitrogens is 1. The highest BCUT2D eigenvalue weighted by Gasteiger charge is 2.15. The van der Waals surface area contributed by atoms with Gasteiger partial charge in [0.25, 0.3) is 6.43 Å². The molecule has 0 radical (unpaired) electrons. The Morgan fingerprint density at radius 3 is 2.62 bits per heavy atom. The summed E-state index contributed by atoms with van der Waals surface area (Å²) in [5.41, 5.74) is 3.93. The lowest BCUT2D eigenvalue weighted by atomic mass is 10.1. The van der Waals surface area contributed by atoms with E-state index in [1.807, 2.05) is 0 Å². The highest BCUT2D eigenvalue weighted by atomic mass is 19.3. The molecule has 1 aromatic heterocycles. The van der Waals surface area contributed by atoms with Gasteiger partial charge in [0.05, 0.1) is 12.1 Å². The second-order valence-electron chi connectivity index (χ2n) is 3.12. The Labute approximate surface area is 88.9 Å². The van der Waals surface area contributed by atoms with E-state index in [0.717, 1.165) is 6.07 Å². The molecule has 16 heavy (non-hydrogen) atoms. The molecule has 7 heteroatoms. The Bertz CT molecular complexity index is 457. The van der Waals surface area contributed by atoms with E-state index < -0.39 is 29.9 Å². The van der Waals surface area contributed by atoms with Gasteiger partial charge in [0, 0.05) is 23.9 Å². The zero-order valence-corrected chi connectivity index (χ0v) is 8.17. The summed E-state index contributed by atoms with van der Waals surface area (Å²) in [5.74, 6) is -1.23. The van der Waals surface area contributed by atoms with Crippen molar-refractivity contribution in [2.24, 2.45) is 5.73 Å². The lowest BCUT2D eigenvalue weighted by molar-refractivity contribution is -0.136. The van der Waals surface area contributed by atoms with E-state index in [9.17, 15) is 18.4 Å². The Morgan fingerprint density at radius 2 is 2.19 bits per heavy atom. The maximum atomic E-state index is 12.4. The topological polar surface area (TPSA) is 96.2 Å². The van der Waals surface area contributed by atoms with Crippen LogP contribution in [0.2, 0.25) is 0 Å². The Morgan fingerprint density at radius 1 is 1.56 bits per heavy atom. The lowest BCUT2D eigenvalue weighted by Crippen LogP contribution is -2.20. The summed E-state index contributed by atoms with van der Waals surface area (Å²) in [7, 11) is 0. The molecule has 0 aliphatic rings. The number of pyridine rings is 1. The van der Waals surface area contributed by atoms with Crippen LogP contribution >= 0.6 is 0 Å². The zero-order valence-electron chi connectivity index (χ0n) is 8.17. The van der Waals surface area contributed by atoms with E-state index in [4.69, 9.17) is 10.8 Å². The van der Waals surface area contributed by atoms with Gasteiger partial charge >= 0.3 is 5.97 Å². The fourth-order valence-electron chi connectivity index (χ4n) is 1.31. The molecule has 0 aromatic carbocycles. The van der Waals surface area contributed by atoms with Crippen LogP contribution in [0.15, 0.2) is 10.9 Å². The maximum Gasteiger partial charge on any atom is 0.309 e. The highest BCUT2D eigenvalue weighted by molar-refractivity contribution is 5.70. The van der Waals surface area contributed by atoms with Crippen molar-refractivity contribution in [1.82, 2.24) is 4.98 Å². The molecule has 0 bridgehead atoms. The number of nitrogens with two attached hydrogens (primary N) is 1. The van der Waals surface area contributed by atoms with Gasteiger partial charge in [-0.1, -0.05) is 0 Å². The summed E-state index contributed by atoms with van der Waals surface area (Å²) >= 11 is 0. The third-order valence-electron chi connectivity index (χ3n) is 2.01. The number of halogens is 2. The van der Waals surface area contributed by atoms with Crippen LogP contribution in [0, 0.1) is 0 Å². The molecule has 0 amide bonds. The molecule has 1 rings (SSSR count). The van der Waals surface area contributed by atoms with E-state index in [1.54, 1.807) is 0 Å². The summed E-state index contributed by atoms with van der Waals surface area (Å²) in [6.45, 7) is -0.193. The van der Waals surface area contributed by atoms with Crippen LogP contribution in [0.4, 0.5) is 8.78 Å². The van der Waals surface area contributed by atoms with Crippen molar-refractivity contribution < 1.29 is 18.7 Å². The Balaban J connectivity index is 3.30. The normalized spacial score (nSPS) is 10.8. The Kier molecular flexibility index (Phi) is 3.73. The van der Waals surface area contributed by atoms with E-state index in [2.05, 4.69) is 4.98 Å². The predicted octanol–water partition coefficient (Wildman–Crippen LogP) is 0.398. The van der Waals surface area contributed by atoms with E-state index in [1.165, 1.54) is 0 Å². The van der Waals surface area contributed by atoms with Crippen LogP contribution in [-0.4, -0.2) is 16.1 Å². The zero-order chi connectivity index (χ0) is 12.3. The first-order valence-corrected chi connectivity index (χ1v) is 4.40. The van der Waals surface area contributed by atoms with Crippen LogP contribution in [0.3, 0.4) is 0 Å². The van der Waals surface area contributed by atoms with Gasteiger partial charge in [0.2, 0.25) is 0 Å². The number of nitrogens with one attached hydrogen (secondary N) is 1. The fraction of sp³-hybridized carbons (Fsp3) is 0.333. The molecule has 0 spiro atoms. The molecule has 88 valence electrons. The van der Waals surface area contributed by atoms with Crippen LogP contribution in [0.1, 0.15) is 23.4 Å². The van der Waals surface area contributed by atoms with Crippen molar-refractivity contribution in [3.8, 4) is 0 Å². The summed E-state index contributed by atoms with van der Waals surface area (Å²) in [6, 6.07) is 0.734. The van der Waals surface area contributed by atoms with Crippen molar-refractivity contribution in [3.05, 3.63) is 33.2 Å². The number of hydrogen-bond donors (Lipinski definition) is 3. The van der Waals surface area contributed by atoms with Gasteiger partial charge in [-0.05, 0) is 0 Å². The SMILES string of the molecule is NCc1c(CC(=O)O)[nH]c(C(F)F)cc1=O. The summed E-state index contributed by atoms with van der Waals surface area (Å²) in [6.07, 6.45) is -3.39. The van der Waals surface area contributed by atoms with Crippen molar-refractivity contribution in [2.45, 2.75) is 19.4 Å². The van der Waals surface area contributed by atoms with E-state index in [0.29, 0.717) is 0 Å². The quantitative estimate of drug-likeness (QED) is 0.700. The molecule has 1 heterocycles. The summed E-state index contributed by atoms with van der Waals surface area (Å²) < 4.78 is 24.7. The first kappa shape index (κ1) is 12.3. The molecule has 0 unspecified atom stereocenters. The first-order chi connectivity index (χ1) is 7.45. The number of carbonyl (C=O) groups is 1. The van der Waals surface area contributed by atoms with Crippen LogP contribution in [-0.2, 0) is 17.8 Å². The summed E-state index contributed by atoms with van der Waals surface area (Å²) in [5, 5.41) is 8.56. The minimum absolute atomic E-state index is 0.0202. The van der Waals surface area contributed by atoms with Gasteiger partial charge in [0.15, 0.2) is 5.43 Å². The number of rotatable bonds is 4. The van der Waals surface area contributed by atoms with Crippen LogP contribution < -0.4 is 11.2 Å². The van der Waals surface area contributed by atoms with E-state index >= 15 is 0 Å². The van der Waals surface area contributed by atoms with Gasteiger partial charge in [0.1, 0.15) is 0 Å². The van der Waals surface area contributed by atoms with E-state index in [-0.39, 0.29) is 17.8 Å². The number of carboxylic acids is 1. The molecular weight excluding hydrogens is 222 g/mol. The molecule has 5 nitrogen and oxygen atoms in total.